The number of rotatable bonds is 17. The molecular formula is C21H42O. The molecule has 0 aromatic carbocycles. The van der Waals surface area contributed by atoms with Crippen molar-refractivity contribution in [3.05, 3.63) is 12.2 Å². The molecule has 0 aromatic rings. The highest BCUT2D eigenvalue weighted by molar-refractivity contribution is 4.81. The number of aliphatic hydroxyl groups is 1. The number of hydrogen-bond donors (Lipinski definition) is 1. The van der Waals surface area contributed by atoms with Gasteiger partial charge in [-0.25, -0.2) is 0 Å². The van der Waals surface area contributed by atoms with Crippen LogP contribution in [0, 0.1) is 0 Å². The van der Waals surface area contributed by atoms with Crippen LogP contribution in [0.2, 0.25) is 0 Å². The Morgan fingerprint density at radius 1 is 0.636 bits per heavy atom. The minimum atomic E-state index is -0.0585. The Morgan fingerprint density at radius 3 is 1.59 bits per heavy atom. The summed E-state index contributed by atoms with van der Waals surface area (Å²) in [4.78, 5) is 0. The van der Waals surface area contributed by atoms with Crippen LogP contribution in [0.3, 0.4) is 0 Å². The lowest BCUT2D eigenvalue weighted by Gasteiger charge is -2.06. The van der Waals surface area contributed by atoms with Gasteiger partial charge in [0, 0.05) is 0 Å². The van der Waals surface area contributed by atoms with Gasteiger partial charge in [0.2, 0.25) is 0 Å². The molecule has 0 aliphatic carbocycles. The first kappa shape index (κ1) is 21.7. The van der Waals surface area contributed by atoms with E-state index < -0.39 is 0 Å². The van der Waals surface area contributed by atoms with Crippen LogP contribution in [0.4, 0.5) is 0 Å². The van der Waals surface area contributed by atoms with Gasteiger partial charge in [0.05, 0.1) is 6.10 Å². The van der Waals surface area contributed by atoms with Gasteiger partial charge in [0.1, 0.15) is 0 Å². The highest BCUT2D eigenvalue weighted by Gasteiger charge is 1.99. The lowest BCUT2D eigenvalue weighted by atomic mass is 10.0. The molecule has 1 N–H and O–H groups in total. The van der Waals surface area contributed by atoms with E-state index in [1.165, 1.54) is 89.9 Å². The van der Waals surface area contributed by atoms with Gasteiger partial charge in [-0.2, -0.15) is 0 Å². The summed E-state index contributed by atoms with van der Waals surface area (Å²) in [5.41, 5.74) is 0. The van der Waals surface area contributed by atoms with E-state index >= 15 is 0 Å². The van der Waals surface area contributed by atoms with E-state index in [0.29, 0.717) is 0 Å². The smallest absolute Gasteiger partial charge is 0.0537 e. The van der Waals surface area contributed by atoms with Crippen molar-refractivity contribution in [2.45, 2.75) is 123 Å². The molecule has 0 radical (unpaired) electrons. The Morgan fingerprint density at radius 2 is 1.09 bits per heavy atom. The van der Waals surface area contributed by atoms with Crippen molar-refractivity contribution in [2.75, 3.05) is 0 Å². The van der Waals surface area contributed by atoms with Gasteiger partial charge in [0.15, 0.2) is 0 Å². The number of aliphatic hydroxyl groups excluding tert-OH is 1. The first-order chi connectivity index (χ1) is 10.8. The topological polar surface area (TPSA) is 20.2 Å². The van der Waals surface area contributed by atoms with Crippen molar-refractivity contribution in [3.63, 3.8) is 0 Å². The minimum Gasteiger partial charge on any atom is -0.393 e. The molecule has 0 fully saturated rings. The largest absolute Gasteiger partial charge is 0.393 e. The molecule has 0 aliphatic heterocycles. The molecule has 1 unspecified atom stereocenters. The van der Waals surface area contributed by atoms with E-state index in [9.17, 15) is 5.11 Å². The summed E-state index contributed by atoms with van der Waals surface area (Å²) in [6, 6.07) is 0. The predicted molar refractivity (Wildman–Crippen MR) is 100 cm³/mol. The second kappa shape index (κ2) is 18.7. The third kappa shape index (κ3) is 17.8. The summed E-state index contributed by atoms with van der Waals surface area (Å²) in [6.07, 6.45) is 25.5. The standard InChI is InChI=1S/C21H42O/c1-3-5-6-7-8-9-10-11-12-13-14-15-16-17-18-19-20-21(22)4-2/h11-12,21-22H,3-10,13-20H2,1-2H3/b12-11-. The molecule has 0 bridgehead atoms. The van der Waals surface area contributed by atoms with Crippen LogP contribution in [-0.2, 0) is 0 Å². The van der Waals surface area contributed by atoms with Gasteiger partial charge in [-0.1, -0.05) is 90.2 Å². The summed E-state index contributed by atoms with van der Waals surface area (Å²) >= 11 is 0. The van der Waals surface area contributed by atoms with Gasteiger partial charge in [-0.05, 0) is 38.5 Å². The molecule has 0 saturated carbocycles. The molecule has 0 heterocycles. The zero-order valence-electron chi connectivity index (χ0n) is 15.5. The van der Waals surface area contributed by atoms with Crippen molar-refractivity contribution < 1.29 is 5.11 Å². The summed E-state index contributed by atoms with van der Waals surface area (Å²) in [5.74, 6) is 0. The fourth-order valence-electron chi connectivity index (χ4n) is 2.83. The average molecular weight is 311 g/mol. The quantitative estimate of drug-likeness (QED) is 0.223. The van der Waals surface area contributed by atoms with Crippen LogP contribution in [0.1, 0.15) is 117 Å². The average Bonchev–Trinajstić information content (AvgIpc) is 2.54. The van der Waals surface area contributed by atoms with Crippen molar-refractivity contribution in [2.24, 2.45) is 0 Å². The van der Waals surface area contributed by atoms with Gasteiger partial charge < -0.3 is 5.11 Å². The molecule has 0 aromatic heterocycles. The van der Waals surface area contributed by atoms with E-state index in [-0.39, 0.29) is 6.10 Å². The van der Waals surface area contributed by atoms with E-state index in [1.54, 1.807) is 0 Å². The fraction of sp³-hybridized carbons (Fsp3) is 0.905. The lowest BCUT2D eigenvalue weighted by molar-refractivity contribution is 0.156. The normalized spacial score (nSPS) is 13.0. The van der Waals surface area contributed by atoms with Gasteiger partial charge in [0.25, 0.3) is 0 Å². The first-order valence-corrected chi connectivity index (χ1v) is 10.1. The summed E-state index contributed by atoms with van der Waals surface area (Å²) < 4.78 is 0. The van der Waals surface area contributed by atoms with E-state index in [0.717, 1.165) is 12.8 Å². The van der Waals surface area contributed by atoms with E-state index in [2.05, 4.69) is 26.0 Å². The molecule has 0 rings (SSSR count). The third-order valence-corrected chi connectivity index (χ3v) is 4.52. The molecule has 1 atom stereocenters. The maximum Gasteiger partial charge on any atom is 0.0537 e. The summed E-state index contributed by atoms with van der Waals surface area (Å²) in [7, 11) is 0. The molecule has 0 spiro atoms. The Balaban J connectivity index is 3.08. The van der Waals surface area contributed by atoms with Crippen molar-refractivity contribution in [1.29, 1.82) is 0 Å². The number of unbranched alkanes of at least 4 members (excludes halogenated alkanes) is 12. The maximum absolute atomic E-state index is 9.47. The van der Waals surface area contributed by atoms with Gasteiger partial charge in [-0.15, -0.1) is 0 Å². The molecule has 22 heavy (non-hydrogen) atoms. The van der Waals surface area contributed by atoms with Crippen LogP contribution < -0.4 is 0 Å². The number of hydrogen-bond acceptors (Lipinski definition) is 1. The van der Waals surface area contributed by atoms with Crippen LogP contribution in [0.25, 0.3) is 0 Å². The lowest BCUT2D eigenvalue weighted by Crippen LogP contribution is -2.03. The number of allylic oxidation sites excluding steroid dienone is 2. The second-order valence-electron chi connectivity index (χ2n) is 6.79. The molecule has 0 amide bonds. The van der Waals surface area contributed by atoms with Crippen molar-refractivity contribution in [3.8, 4) is 0 Å². The van der Waals surface area contributed by atoms with Crippen LogP contribution >= 0.6 is 0 Å². The molecule has 0 saturated heterocycles. The van der Waals surface area contributed by atoms with E-state index in [1.807, 2.05) is 0 Å². The van der Waals surface area contributed by atoms with Gasteiger partial charge >= 0.3 is 0 Å². The van der Waals surface area contributed by atoms with Crippen molar-refractivity contribution in [1.82, 2.24) is 0 Å². The zero-order chi connectivity index (χ0) is 16.3. The van der Waals surface area contributed by atoms with Crippen molar-refractivity contribution >= 4 is 0 Å². The Hall–Kier alpha value is -0.300. The van der Waals surface area contributed by atoms with Gasteiger partial charge in [-0.3, -0.25) is 0 Å². The second-order valence-corrected chi connectivity index (χ2v) is 6.79. The van der Waals surface area contributed by atoms with Crippen LogP contribution in [0.5, 0.6) is 0 Å². The molecule has 1 nitrogen and oxygen atoms in total. The minimum absolute atomic E-state index is 0.0585. The SMILES string of the molecule is CCCCCCCC/C=C\CCCCCCCCC(O)CC. The highest BCUT2D eigenvalue weighted by atomic mass is 16.3. The fourth-order valence-corrected chi connectivity index (χ4v) is 2.83. The Bertz CT molecular complexity index is 222. The monoisotopic (exact) mass is 310 g/mol. The summed E-state index contributed by atoms with van der Waals surface area (Å²) in [6.45, 7) is 4.34. The zero-order valence-corrected chi connectivity index (χ0v) is 15.5. The first-order valence-electron chi connectivity index (χ1n) is 10.1. The summed E-state index contributed by atoms with van der Waals surface area (Å²) in [5, 5.41) is 9.47. The molecule has 132 valence electrons. The molecule has 1 heteroatoms. The van der Waals surface area contributed by atoms with Crippen LogP contribution in [0.15, 0.2) is 12.2 Å². The molecular weight excluding hydrogens is 268 g/mol. The highest BCUT2D eigenvalue weighted by Crippen LogP contribution is 2.11. The Kier molecular flexibility index (Phi) is 18.5. The maximum atomic E-state index is 9.47. The molecule has 0 aliphatic rings. The predicted octanol–water partition coefficient (Wildman–Crippen LogP) is 7.18. The third-order valence-electron chi connectivity index (χ3n) is 4.52. The van der Waals surface area contributed by atoms with E-state index in [4.69, 9.17) is 0 Å². The van der Waals surface area contributed by atoms with Crippen LogP contribution in [-0.4, -0.2) is 11.2 Å². The Labute approximate surface area is 140 Å².